The smallest absolute Gasteiger partial charge is 0.164 e. The summed E-state index contributed by atoms with van der Waals surface area (Å²) in [7, 11) is 0. The number of aromatic nitrogens is 4. The Labute approximate surface area is 327 Å². The molecular formula is C51H32N4S. The third kappa shape index (κ3) is 5.32. The summed E-state index contributed by atoms with van der Waals surface area (Å²) in [5.41, 5.74) is 10.7. The van der Waals surface area contributed by atoms with Gasteiger partial charge in [0.25, 0.3) is 0 Å². The van der Waals surface area contributed by atoms with Crippen molar-refractivity contribution in [2.75, 3.05) is 0 Å². The summed E-state index contributed by atoms with van der Waals surface area (Å²) in [5.74, 6) is 1.89. The molecule has 5 heteroatoms. The normalized spacial score (nSPS) is 11.6. The third-order valence-corrected chi connectivity index (χ3v) is 11.8. The van der Waals surface area contributed by atoms with Gasteiger partial charge in [-0.3, -0.25) is 0 Å². The van der Waals surface area contributed by atoms with Crippen LogP contribution >= 0.6 is 11.3 Å². The van der Waals surface area contributed by atoms with Gasteiger partial charge < -0.3 is 4.57 Å². The lowest BCUT2D eigenvalue weighted by molar-refractivity contribution is 1.07. The molecule has 3 heterocycles. The van der Waals surface area contributed by atoms with E-state index in [0.29, 0.717) is 17.5 Å². The van der Waals surface area contributed by atoms with E-state index in [4.69, 9.17) is 15.0 Å². The quantitative estimate of drug-likeness (QED) is 0.171. The topological polar surface area (TPSA) is 43.6 Å². The molecule has 0 spiro atoms. The average Bonchev–Trinajstić information content (AvgIpc) is 3.83. The van der Waals surface area contributed by atoms with Gasteiger partial charge in [0, 0.05) is 54.1 Å². The van der Waals surface area contributed by atoms with E-state index in [9.17, 15) is 0 Å². The van der Waals surface area contributed by atoms with Crippen LogP contribution in [0.3, 0.4) is 0 Å². The van der Waals surface area contributed by atoms with Crippen LogP contribution in [0, 0.1) is 0 Å². The predicted octanol–water partition coefficient (Wildman–Crippen LogP) is 13.7. The molecule has 56 heavy (non-hydrogen) atoms. The number of hydrogen-bond acceptors (Lipinski definition) is 4. The van der Waals surface area contributed by atoms with Crippen LogP contribution in [0.1, 0.15) is 0 Å². The molecule has 11 aromatic rings. The van der Waals surface area contributed by atoms with Crippen LogP contribution in [0.2, 0.25) is 0 Å². The zero-order valence-corrected chi connectivity index (χ0v) is 31.0. The van der Waals surface area contributed by atoms with Crippen LogP contribution in [0.15, 0.2) is 194 Å². The van der Waals surface area contributed by atoms with Gasteiger partial charge in [-0.15, -0.1) is 11.3 Å². The molecule has 0 saturated heterocycles. The standard InChI is InChI=1S/C51H32N4S/c1-5-17-33(18-6-1)42-31-37(51-53-49(35-21-9-3-10-22-35)52-50(54-51)36-23-11-4-12-24-36)32-43(34-19-7-2-8-20-34)46(42)55-44-27-15-13-25-38(44)40-29-30-41-39-26-14-16-28-45(39)56-48(41)47(40)55/h1-32H. The van der Waals surface area contributed by atoms with Crippen LogP contribution in [-0.2, 0) is 0 Å². The summed E-state index contributed by atoms with van der Waals surface area (Å²) in [5, 5.41) is 5.01. The zero-order valence-electron chi connectivity index (χ0n) is 30.2. The maximum atomic E-state index is 5.20. The highest BCUT2D eigenvalue weighted by Gasteiger charge is 2.24. The van der Waals surface area contributed by atoms with Crippen LogP contribution < -0.4 is 0 Å². The first-order valence-corrected chi connectivity index (χ1v) is 19.6. The Morgan fingerprint density at radius 1 is 0.357 bits per heavy atom. The lowest BCUT2D eigenvalue weighted by Gasteiger charge is -2.21. The molecule has 262 valence electrons. The van der Waals surface area contributed by atoms with Crippen molar-refractivity contribution in [3.63, 3.8) is 0 Å². The number of para-hydroxylation sites is 1. The van der Waals surface area contributed by atoms with E-state index >= 15 is 0 Å². The molecule has 3 aromatic heterocycles. The molecule has 0 unspecified atom stereocenters. The fourth-order valence-electron chi connectivity index (χ4n) is 8.08. The number of benzene rings is 8. The minimum Gasteiger partial charge on any atom is -0.307 e. The monoisotopic (exact) mass is 732 g/mol. The lowest BCUT2D eigenvalue weighted by atomic mass is 9.92. The predicted molar refractivity (Wildman–Crippen MR) is 234 cm³/mol. The maximum Gasteiger partial charge on any atom is 0.164 e. The van der Waals surface area contributed by atoms with Crippen molar-refractivity contribution in [1.29, 1.82) is 0 Å². The number of rotatable bonds is 6. The Morgan fingerprint density at radius 3 is 1.38 bits per heavy atom. The van der Waals surface area contributed by atoms with E-state index in [1.165, 1.54) is 36.5 Å². The SMILES string of the molecule is c1ccc(-c2nc(-c3ccccc3)nc(-c3cc(-c4ccccc4)c(-n4c5ccccc5c5ccc6c7ccccc7sc6c54)c(-c4ccccc4)c3)n2)cc1. The summed E-state index contributed by atoms with van der Waals surface area (Å²) in [6.45, 7) is 0. The van der Waals surface area contributed by atoms with Crippen LogP contribution in [-0.4, -0.2) is 19.5 Å². The second-order valence-corrected chi connectivity index (χ2v) is 15.0. The Balaban J connectivity index is 1.29. The fourth-order valence-corrected chi connectivity index (χ4v) is 9.32. The summed E-state index contributed by atoms with van der Waals surface area (Å²) >= 11 is 1.87. The van der Waals surface area contributed by atoms with Gasteiger partial charge in [-0.2, -0.15) is 0 Å². The third-order valence-electron chi connectivity index (χ3n) is 10.6. The van der Waals surface area contributed by atoms with Crippen molar-refractivity contribution in [2.24, 2.45) is 0 Å². The Hall–Kier alpha value is -7.21. The van der Waals surface area contributed by atoms with Crippen LogP contribution in [0.4, 0.5) is 0 Å². The van der Waals surface area contributed by atoms with Crippen molar-refractivity contribution in [3.8, 4) is 62.1 Å². The van der Waals surface area contributed by atoms with E-state index in [1.54, 1.807) is 0 Å². The molecule has 0 bridgehead atoms. The summed E-state index contributed by atoms with van der Waals surface area (Å²) in [6, 6.07) is 68.6. The first-order chi connectivity index (χ1) is 27.8. The molecule has 0 atom stereocenters. The number of thiophene rings is 1. The minimum absolute atomic E-state index is 0.618. The lowest BCUT2D eigenvalue weighted by Crippen LogP contribution is -2.04. The van der Waals surface area contributed by atoms with Crippen LogP contribution in [0.25, 0.3) is 104 Å². The molecule has 0 aliphatic rings. The minimum atomic E-state index is 0.618. The second-order valence-electron chi connectivity index (χ2n) is 14.0. The van der Waals surface area contributed by atoms with Gasteiger partial charge in [-0.05, 0) is 35.4 Å². The Bertz CT molecular complexity index is 3110. The van der Waals surface area contributed by atoms with E-state index in [0.717, 1.165) is 50.1 Å². The van der Waals surface area contributed by atoms with Gasteiger partial charge in [0.05, 0.1) is 21.4 Å². The van der Waals surface area contributed by atoms with Gasteiger partial charge in [0.2, 0.25) is 0 Å². The van der Waals surface area contributed by atoms with E-state index in [1.807, 2.05) is 47.7 Å². The van der Waals surface area contributed by atoms with E-state index < -0.39 is 0 Å². The average molecular weight is 733 g/mol. The van der Waals surface area contributed by atoms with E-state index in [-0.39, 0.29) is 0 Å². The Morgan fingerprint density at radius 2 is 0.804 bits per heavy atom. The van der Waals surface area contributed by atoms with Crippen molar-refractivity contribution in [3.05, 3.63) is 194 Å². The van der Waals surface area contributed by atoms with Crippen molar-refractivity contribution < 1.29 is 0 Å². The first-order valence-electron chi connectivity index (χ1n) is 18.8. The molecule has 0 saturated carbocycles. The van der Waals surface area contributed by atoms with Gasteiger partial charge in [0.15, 0.2) is 17.5 Å². The molecule has 0 fully saturated rings. The summed E-state index contributed by atoms with van der Waals surface area (Å²) < 4.78 is 5.08. The molecule has 0 N–H and O–H groups in total. The molecular weight excluding hydrogens is 701 g/mol. The van der Waals surface area contributed by atoms with Crippen molar-refractivity contribution in [1.82, 2.24) is 19.5 Å². The summed E-state index contributed by atoms with van der Waals surface area (Å²) in [6.07, 6.45) is 0. The van der Waals surface area contributed by atoms with Gasteiger partial charge in [-0.1, -0.05) is 170 Å². The van der Waals surface area contributed by atoms with Gasteiger partial charge in [0.1, 0.15) is 0 Å². The highest BCUT2D eigenvalue weighted by atomic mass is 32.1. The maximum absolute atomic E-state index is 5.20. The second kappa shape index (κ2) is 13.3. The molecule has 4 nitrogen and oxygen atoms in total. The van der Waals surface area contributed by atoms with Gasteiger partial charge >= 0.3 is 0 Å². The summed E-state index contributed by atoms with van der Waals surface area (Å²) in [4.78, 5) is 15.4. The molecule has 0 radical (unpaired) electrons. The molecule has 11 rings (SSSR count). The van der Waals surface area contributed by atoms with Crippen molar-refractivity contribution >= 4 is 53.3 Å². The number of hydrogen-bond donors (Lipinski definition) is 0. The largest absolute Gasteiger partial charge is 0.307 e. The van der Waals surface area contributed by atoms with Crippen molar-refractivity contribution in [2.45, 2.75) is 0 Å². The fraction of sp³-hybridized carbons (Fsp3) is 0. The first kappa shape index (κ1) is 32.2. The zero-order chi connectivity index (χ0) is 37.0. The van der Waals surface area contributed by atoms with Gasteiger partial charge in [-0.25, -0.2) is 15.0 Å². The number of nitrogens with zero attached hydrogens (tertiary/aromatic N) is 4. The van der Waals surface area contributed by atoms with E-state index in [2.05, 4.69) is 162 Å². The highest BCUT2D eigenvalue weighted by Crippen LogP contribution is 2.47. The Kier molecular flexibility index (Phi) is 7.64. The molecule has 0 aliphatic heterocycles. The number of fused-ring (bicyclic) bond motifs is 7. The highest BCUT2D eigenvalue weighted by molar-refractivity contribution is 7.26. The molecule has 8 aromatic carbocycles. The molecule has 0 aliphatic carbocycles. The molecule has 0 amide bonds. The van der Waals surface area contributed by atoms with Crippen LogP contribution in [0.5, 0.6) is 0 Å².